The smallest absolute Gasteiger partial charge is 0.337 e. The zero-order valence-electron chi connectivity index (χ0n) is 10.5. The van der Waals surface area contributed by atoms with Gasteiger partial charge in [-0.3, -0.25) is 4.79 Å². The number of carbonyl (C=O) groups is 2. The van der Waals surface area contributed by atoms with Gasteiger partial charge in [0.25, 0.3) is 0 Å². The Balaban J connectivity index is 2.02. The second-order valence-corrected chi connectivity index (χ2v) is 4.13. The third kappa shape index (κ3) is 3.35. The van der Waals surface area contributed by atoms with E-state index >= 15 is 0 Å². The molecule has 1 aromatic heterocycles. The predicted molar refractivity (Wildman–Crippen MR) is 70.5 cm³/mol. The molecule has 2 aromatic rings. The monoisotopic (exact) mass is 275 g/mol. The van der Waals surface area contributed by atoms with Gasteiger partial charge in [-0.05, 0) is 18.2 Å². The van der Waals surface area contributed by atoms with Gasteiger partial charge in [-0.2, -0.15) is 0 Å². The number of phenols is 1. The molecule has 0 aliphatic heterocycles. The van der Waals surface area contributed by atoms with E-state index in [9.17, 15) is 14.7 Å². The average molecular weight is 275 g/mol. The second-order valence-electron chi connectivity index (χ2n) is 4.13. The number of carbonyl (C=O) groups excluding carboxylic acids is 1. The van der Waals surface area contributed by atoms with Crippen LogP contribution in [0, 0.1) is 0 Å². The largest absolute Gasteiger partial charge is 0.508 e. The molecule has 0 aliphatic rings. The molecule has 0 atom stereocenters. The summed E-state index contributed by atoms with van der Waals surface area (Å²) in [5, 5.41) is 20.8. The fourth-order valence-electron chi connectivity index (χ4n) is 1.68. The molecule has 0 spiro atoms. The Morgan fingerprint density at radius 2 is 2.15 bits per heavy atom. The number of carboxylic acids is 1. The molecule has 3 N–H and O–H groups in total. The van der Waals surface area contributed by atoms with Crippen LogP contribution in [0.25, 0.3) is 0 Å². The number of rotatable bonds is 5. The van der Waals surface area contributed by atoms with E-state index in [4.69, 9.17) is 5.11 Å². The summed E-state index contributed by atoms with van der Waals surface area (Å²) in [6, 6.07) is 3.76. The van der Waals surface area contributed by atoms with E-state index in [2.05, 4.69) is 10.3 Å². The van der Waals surface area contributed by atoms with Gasteiger partial charge >= 0.3 is 5.97 Å². The number of hydrogen-bond acceptors (Lipinski definition) is 4. The fourth-order valence-corrected chi connectivity index (χ4v) is 1.68. The Morgan fingerprint density at radius 3 is 2.80 bits per heavy atom. The Morgan fingerprint density at radius 1 is 1.35 bits per heavy atom. The molecule has 104 valence electrons. The van der Waals surface area contributed by atoms with Gasteiger partial charge in [0.1, 0.15) is 5.75 Å². The first-order chi connectivity index (χ1) is 9.56. The quantitative estimate of drug-likeness (QED) is 0.714. The minimum absolute atomic E-state index is 0.152. The number of imidazole rings is 1. The molecular weight excluding hydrogens is 262 g/mol. The van der Waals surface area contributed by atoms with Gasteiger partial charge in [-0.15, -0.1) is 0 Å². The van der Waals surface area contributed by atoms with Crippen molar-refractivity contribution < 1.29 is 19.8 Å². The van der Waals surface area contributed by atoms with Crippen molar-refractivity contribution in [2.24, 2.45) is 0 Å². The van der Waals surface area contributed by atoms with Crippen molar-refractivity contribution in [1.82, 2.24) is 9.55 Å². The van der Waals surface area contributed by atoms with Gasteiger partial charge in [0.05, 0.1) is 17.6 Å². The van der Waals surface area contributed by atoms with Crippen molar-refractivity contribution in [2.75, 3.05) is 5.32 Å². The number of anilines is 1. The maximum atomic E-state index is 11.8. The molecule has 1 aromatic carbocycles. The highest BCUT2D eigenvalue weighted by atomic mass is 16.4. The standard InChI is InChI=1S/C13H13N3O4/c17-9-1-2-11(10(7-9)13(19)20)15-12(18)3-5-16-6-4-14-8-16/h1-2,4,6-8,17H,3,5H2,(H,15,18)(H,19,20). The first kappa shape index (κ1) is 13.6. The number of phenolic OH excluding ortho intramolecular Hbond substituents is 1. The number of aryl methyl sites for hydroxylation is 1. The molecule has 20 heavy (non-hydrogen) atoms. The lowest BCUT2D eigenvalue weighted by atomic mass is 10.1. The summed E-state index contributed by atoms with van der Waals surface area (Å²) < 4.78 is 1.74. The fraction of sp³-hybridized carbons (Fsp3) is 0.154. The molecule has 7 heteroatoms. The van der Waals surface area contributed by atoms with Crippen LogP contribution >= 0.6 is 0 Å². The highest BCUT2D eigenvalue weighted by molar-refractivity contribution is 6.00. The van der Waals surface area contributed by atoms with Crippen molar-refractivity contribution in [2.45, 2.75) is 13.0 Å². The summed E-state index contributed by atoms with van der Waals surface area (Å²) >= 11 is 0. The van der Waals surface area contributed by atoms with Crippen LogP contribution in [0.5, 0.6) is 5.75 Å². The maximum absolute atomic E-state index is 11.8. The molecule has 0 saturated heterocycles. The number of aromatic carboxylic acids is 1. The van der Waals surface area contributed by atoms with Crippen molar-refractivity contribution in [3.8, 4) is 5.75 Å². The van der Waals surface area contributed by atoms with E-state index in [0.717, 1.165) is 6.07 Å². The zero-order chi connectivity index (χ0) is 14.5. The molecule has 0 radical (unpaired) electrons. The van der Waals surface area contributed by atoms with Crippen LogP contribution < -0.4 is 5.32 Å². The number of nitrogens with zero attached hydrogens (tertiary/aromatic N) is 2. The molecule has 2 rings (SSSR count). The van der Waals surface area contributed by atoms with E-state index < -0.39 is 5.97 Å². The normalized spacial score (nSPS) is 10.2. The summed E-state index contributed by atoms with van der Waals surface area (Å²) in [7, 11) is 0. The highest BCUT2D eigenvalue weighted by Gasteiger charge is 2.13. The molecule has 1 amide bonds. The van der Waals surface area contributed by atoms with Gasteiger partial charge in [-0.25, -0.2) is 9.78 Å². The van der Waals surface area contributed by atoms with Gasteiger partial charge < -0.3 is 20.1 Å². The number of aromatic hydroxyl groups is 1. The number of aromatic nitrogens is 2. The molecular formula is C13H13N3O4. The van der Waals surface area contributed by atoms with Crippen LogP contribution in [0.2, 0.25) is 0 Å². The number of benzene rings is 1. The number of carboxylic acid groups (broad SMARTS) is 1. The third-order valence-electron chi connectivity index (χ3n) is 2.66. The van der Waals surface area contributed by atoms with E-state index in [1.54, 1.807) is 23.3 Å². The molecule has 7 nitrogen and oxygen atoms in total. The average Bonchev–Trinajstić information content (AvgIpc) is 2.91. The van der Waals surface area contributed by atoms with Crippen molar-refractivity contribution in [3.63, 3.8) is 0 Å². The van der Waals surface area contributed by atoms with Gasteiger partial charge in [-0.1, -0.05) is 0 Å². The Labute approximate surface area is 114 Å². The summed E-state index contributed by atoms with van der Waals surface area (Å²) in [5.41, 5.74) is 0.00640. The number of hydrogen-bond donors (Lipinski definition) is 3. The van der Waals surface area contributed by atoms with Crippen LogP contribution in [0.15, 0.2) is 36.9 Å². The summed E-state index contributed by atoms with van der Waals surface area (Å²) in [6.07, 6.45) is 5.13. The van der Waals surface area contributed by atoms with Gasteiger partial charge in [0.2, 0.25) is 5.91 Å². The zero-order valence-corrected chi connectivity index (χ0v) is 10.5. The summed E-state index contributed by atoms with van der Waals surface area (Å²) in [6.45, 7) is 0.451. The van der Waals surface area contributed by atoms with Crippen LogP contribution in [-0.4, -0.2) is 31.6 Å². The van der Waals surface area contributed by atoms with E-state index in [0.29, 0.717) is 6.54 Å². The predicted octanol–water partition coefficient (Wildman–Crippen LogP) is 1.32. The molecule has 0 fully saturated rings. The minimum Gasteiger partial charge on any atom is -0.508 e. The lowest BCUT2D eigenvalue weighted by Crippen LogP contribution is -2.16. The first-order valence-corrected chi connectivity index (χ1v) is 5.88. The van der Waals surface area contributed by atoms with Crippen molar-refractivity contribution in [3.05, 3.63) is 42.5 Å². The Bertz CT molecular complexity index is 623. The van der Waals surface area contributed by atoms with E-state index in [1.165, 1.54) is 12.1 Å². The topological polar surface area (TPSA) is 104 Å². The summed E-state index contributed by atoms with van der Waals surface area (Å²) in [4.78, 5) is 26.6. The minimum atomic E-state index is -1.22. The van der Waals surface area contributed by atoms with Crippen molar-refractivity contribution in [1.29, 1.82) is 0 Å². The molecule has 1 heterocycles. The third-order valence-corrected chi connectivity index (χ3v) is 2.66. The molecule has 0 unspecified atom stereocenters. The number of nitrogens with one attached hydrogen (secondary N) is 1. The van der Waals surface area contributed by atoms with Crippen LogP contribution in [0.3, 0.4) is 0 Å². The first-order valence-electron chi connectivity index (χ1n) is 5.88. The maximum Gasteiger partial charge on any atom is 0.337 e. The van der Waals surface area contributed by atoms with Crippen LogP contribution in [-0.2, 0) is 11.3 Å². The second kappa shape index (κ2) is 5.87. The van der Waals surface area contributed by atoms with Gasteiger partial charge in [0, 0.05) is 25.4 Å². The molecule has 0 saturated carbocycles. The van der Waals surface area contributed by atoms with Crippen molar-refractivity contribution >= 4 is 17.6 Å². The Kier molecular flexibility index (Phi) is 3.99. The molecule has 0 aliphatic carbocycles. The summed E-state index contributed by atoms with van der Waals surface area (Å²) in [5.74, 6) is -1.70. The lowest BCUT2D eigenvalue weighted by molar-refractivity contribution is -0.116. The van der Waals surface area contributed by atoms with E-state index in [1.807, 2.05) is 0 Å². The SMILES string of the molecule is O=C(CCn1ccnc1)Nc1ccc(O)cc1C(=O)O. The van der Waals surface area contributed by atoms with Gasteiger partial charge in [0.15, 0.2) is 0 Å². The van der Waals surface area contributed by atoms with Crippen LogP contribution in [0.4, 0.5) is 5.69 Å². The molecule has 0 bridgehead atoms. The highest BCUT2D eigenvalue weighted by Crippen LogP contribution is 2.21. The Hall–Kier alpha value is -2.83. The van der Waals surface area contributed by atoms with Crippen LogP contribution in [0.1, 0.15) is 16.8 Å². The van der Waals surface area contributed by atoms with E-state index in [-0.39, 0.29) is 29.3 Å². The number of amides is 1. The lowest BCUT2D eigenvalue weighted by Gasteiger charge is -2.09.